The summed E-state index contributed by atoms with van der Waals surface area (Å²) in [7, 11) is 2.15. The summed E-state index contributed by atoms with van der Waals surface area (Å²) in [5.74, 6) is 2.13. The molecule has 6 rings (SSSR count). The first-order chi connectivity index (χ1) is 17.1. The maximum atomic E-state index is 12.9. The zero-order valence-electron chi connectivity index (χ0n) is 19.4. The van der Waals surface area contributed by atoms with Gasteiger partial charge >= 0.3 is 0 Å². The van der Waals surface area contributed by atoms with Crippen molar-refractivity contribution in [1.29, 1.82) is 0 Å². The molecule has 0 aliphatic carbocycles. The van der Waals surface area contributed by atoms with Gasteiger partial charge in [-0.2, -0.15) is 0 Å². The van der Waals surface area contributed by atoms with Crippen LogP contribution in [0.25, 0.3) is 21.6 Å². The second-order valence-electron chi connectivity index (χ2n) is 8.85. The number of imidazole rings is 1. The number of nitrogens with one attached hydrogen (secondary N) is 2. The molecule has 2 aliphatic rings. The van der Waals surface area contributed by atoms with Crippen LogP contribution in [0.2, 0.25) is 0 Å². The van der Waals surface area contributed by atoms with E-state index in [1.807, 2.05) is 36.4 Å². The topological polar surface area (TPSA) is 95.6 Å². The van der Waals surface area contributed by atoms with Crippen LogP contribution in [0.5, 0.6) is 11.5 Å². The fraction of sp³-hybridized carbons (Fsp3) is 0.320. The van der Waals surface area contributed by atoms with Gasteiger partial charge in [-0.3, -0.25) is 9.69 Å². The summed E-state index contributed by atoms with van der Waals surface area (Å²) in [6.07, 6.45) is 0. The number of likely N-dealkylation sites (N-methyl/N-ethyl adjacent to an activating group) is 1. The molecule has 0 unspecified atom stereocenters. The zero-order chi connectivity index (χ0) is 23.8. The number of ether oxygens (including phenoxy) is 2. The monoisotopic (exact) mass is 490 g/mol. The number of amides is 1. The standard InChI is InChI=1S/C25H26N6O3S/c1-30-6-8-31(9-7-30)14-23-27-18-4-3-17(13-19(18)28-23)26-24(32)20-15-35-25(29-20)16-2-5-21-22(12-16)34-11-10-33-21/h2-5,12-13,15H,6-11,14H2,1H3,(H,26,32)(H,27,28). The molecule has 2 aromatic heterocycles. The maximum absolute atomic E-state index is 12.9. The van der Waals surface area contributed by atoms with E-state index in [0.717, 1.165) is 65.9 Å². The number of aromatic amines is 1. The average Bonchev–Trinajstić information content (AvgIpc) is 3.52. The van der Waals surface area contributed by atoms with E-state index in [-0.39, 0.29) is 5.91 Å². The summed E-state index contributed by atoms with van der Waals surface area (Å²) in [4.78, 5) is 30.3. The lowest BCUT2D eigenvalue weighted by atomic mass is 10.2. The SMILES string of the molecule is CN1CCN(Cc2nc3ccc(NC(=O)c4csc(-c5ccc6c(c5)OCCO6)n4)cc3[nH]2)CC1. The minimum atomic E-state index is -0.249. The van der Waals surface area contributed by atoms with Gasteiger partial charge in [-0.05, 0) is 43.4 Å². The largest absolute Gasteiger partial charge is 0.486 e. The Balaban J connectivity index is 1.14. The Kier molecular flexibility index (Phi) is 5.85. The van der Waals surface area contributed by atoms with Crippen molar-refractivity contribution in [2.24, 2.45) is 0 Å². The van der Waals surface area contributed by atoms with Crippen LogP contribution >= 0.6 is 11.3 Å². The van der Waals surface area contributed by atoms with E-state index in [1.54, 1.807) is 5.38 Å². The van der Waals surface area contributed by atoms with Crippen molar-refractivity contribution in [2.45, 2.75) is 6.54 Å². The van der Waals surface area contributed by atoms with Gasteiger partial charge in [0.15, 0.2) is 11.5 Å². The second-order valence-corrected chi connectivity index (χ2v) is 9.70. The first kappa shape index (κ1) is 22.0. The molecule has 35 heavy (non-hydrogen) atoms. The molecule has 10 heteroatoms. The Labute approximate surface area is 206 Å². The molecule has 0 atom stereocenters. The van der Waals surface area contributed by atoms with E-state index in [0.29, 0.717) is 30.3 Å². The number of benzene rings is 2. The van der Waals surface area contributed by atoms with Crippen LogP contribution in [0.1, 0.15) is 16.3 Å². The fourth-order valence-electron chi connectivity index (χ4n) is 4.32. The molecule has 9 nitrogen and oxygen atoms in total. The van der Waals surface area contributed by atoms with Crippen molar-refractivity contribution in [3.8, 4) is 22.1 Å². The molecule has 0 radical (unpaired) electrons. The molecule has 0 spiro atoms. The first-order valence-corrected chi connectivity index (χ1v) is 12.6. The summed E-state index contributed by atoms with van der Waals surface area (Å²) in [5.41, 5.74) is 3.76. The number of H-pyrrole nitrogens is 1. The second kappa shape index (κ2) is 9.29. The van der Waals surface area contributed by atoms with E-state index < -0.39 is 0 Å². The molecule has 180 valence electrons. The zero-order valence-corrected chi connectivity index (χ0v) is 20.2. The number of piperazine rings is 1. The lowest BCUT2D eigenvalue weighted by molar-refractivity contribution is 0.102. The van der Waals surface area contributed by atoms with Crippen LogP contribution in [0.15, 0.2) is 41.8 Å². The van der Waals surface area contributed by atoms with Crippen molar-refractivity contribution in [2.75, 3.05) is 51.8 Å². The number of thiazole rings is 1. The smallest absolute Gasteiger partial charge is 0.275 e. The number of aromatic nitrogens is 3. The number of hydrogen-bond acceptors (Lipinski definition) is 8. The van der Waals surface area contributed by atoms with E-state index in [2.05, 4.69) is 32.1 Å². The minimum absolute atomic E-state index is 0.249. The lowest BCUT2D eigenvalue weighted by Crippen LogP contribution is -2.44. The predicted octanol–water partition coefficient (Wildman–Crippen LogP) is 3.46. The van der Waals surface area contributed by atoms with Gasteiger partial charge in [0.1, 0.15) is 29.7 Å². The summed E-state index contributed by atoms with van der Waals surface area (Å²) in [5, 5.41) is 5.48. The number of hydrogen-bond donors (Lipinski definition) is 2. The Hall–Kier alpha value is -3.47. The molecule has 2 aliphatic heterocycles. The fourth-order valence-corrected chi connectivity index (χ4v) is 5.11. The number of carbonyl (C=O) groups excluding carboxylic acids is 1. The van der Waals surface area contributed by atoms with Gasteiger partial charge in [0, 0.05) is 42.8 Å². The molecule has 0 bridgehead atoms. The third-order valence-corrected chi connectivity index (χ3v) is 7.18. The van der Waals surface area contributed by atoms with Gasteiger partial charge in [0.2, 0.25) is 0 Å². The van der Waals surface area contributed by atoms with Crippen molar-refractivity contribution in [3.63, 3.8) is 0 Å². The number of rotatable bonds is 5. The van der Waals surface area contributed by atoms with E-state index in [9.17, 15) is 4.79 Å². The van der Waals surface area contributed by atoms with Crippen LogP contribution in [0.4, 0.5) is 5.69 Å². The Morgan fingerprint density at radius 1 is 1.06 bits per heavy atom. The molecule has 4 heterocycles. The van der Waals surface area contributed by atoms with E-state index >= 15 is 0 Å². The summed E-state index contributed by atoms with van der Waals surface area (Å²) < 4.78 is 11.2. The number of carbonyl (C=O) groups is 1. The van der Waals surface area contributed by atoms with Crippen molar-refractivity contribution in [1.82, 2.24) is 24.8 Å². The molecule has 1 amide bonds. The predicted molar refractivity (Wildman–Crippen MR) is 135 cm³/mol. The minimum Gasteiger partial charge on any atom is -0.486 e. The Bertz CT molecular complexity index is 1370. The summed E-state index contributed by atoms with van der Waals surface area (Å²) in [6, 6.07) is 11.4. The molecular weight excluding hydrogens is 464 g/mol. The van der Waals surface area contributed by atoms with Crippen LogP contribution in [-0.4, -0.2) is 77.1 Å². The van der Waals surface area contributed by atoms with Crippen LogP contribution in [0, 0.1) is 0 Å². The van der Waals surface area contributed by atoms with Crippen molar-refractivity contribution >= 4 is 34.0 Å². The molecule has 2 N–H and O–H groups in total. The Morgan fingerprint density at radius 3 is 2.74 bits per heavy atom. The third kappa shape index (κ3) is 4.72. The van der Waals surface area contributed by atoms with Gasteiger partial charge in [0.25, 0.3) is 5.91 Å². The number of fused-ring (bicyclic) bond motifs is 2. The molecule has 1 saturated heterocycles. The highest BCUT2D eigenvalue weighted by Crippen LogP contribution is 2.35. The first-order valence-electron chi connectivity index (χ1n) is 11.7. The Morgan fingerprint density at radius 2 is 1.89 bits per heavy atom. The van der Waals surface area contributed by atoms with Gasteiger partial charge in [-0.15, -0.1) is 11.3 Å². The number of nitrogens with zero attached hydrogens (tertiary/aromatic N) is 4. The molecule has 2 aromatic carbocycles. The van der Waals surface area contributed by atoms with Crippen LogP contribution in [-0.2, 0) is 6.54 Å². The third-order valence-electron chi connectivity index (χ3n) is 6.28. The van der Waals surface area contributed by atoms with E-state index in [4.69, 9.17) is 14.5 Å². The normalized spacial score (nSPS) is 16.5. The highest BCUT2D eigenvalue weighted by atomic mass is 32.1. The van der Waals surface area contributed by atoms with Gasteiger partial charge < -0.3 is 24.7 Å². The van der Waals surface area contributed by atoms with Crippen molar-refractivity contribution in [3.05, 3.63) is 53.3 Å². The molecular formula is C25H26N6O3S. The maximum Gasteiger partial charge on any atom is 0.275 e. The lowest BCUT2D eigenvalue weighted by Gasteiger charge is -2.31. The summed E-state index contributed by atoms with van der Waals surface area (Å²) >= 11 is 1.42. The van der Waals surface area contributed by atoms with E-state index in [1.165, 1.54) is 11.3 Å². The molecule has 4 aromatic rings. The highest BCUT2D eigenvalue weighted by Gasteiger charge is 2.18. The average molecular weight is 491 g/mol. The van der Waals surface area contributed by atoms with Gasteiger partial charge in [0.05, 0.1) is 17.6 Å². The van der Waals surface area contributed by atoms with Crippen molar-refractivity contribution < 1.29 is 14.3 Å². The number of anilines is 1. The van der Waals surface area contributed by atoms with Gasteiger partial charge in [-0.25, -0.2) is 9.97 Å². The van der Waals surface area contributed by atoms with Crippen LogP contribution < -0.4 is 14.8 Å². The summed E-state index contributed by atoms with van der Waals surface area (Å²) in [6.45, 7) is 6.10. The van der Waals surface area contributed by atoms with Gasteiger partial charge in [-0.1, -0.05) is 0 Å². The molecule has 1 fully saturated rings. The molecule has 0 saturated carbocycles. The quantitative estimate of drug-likeness (QED) is 0.442. The van der Waals surface area contributed by atoms with Crippen LogP contribution in [0.3, 0.4) is 0 Å². The highest BCUT2D eigenvalue weighted by molar-refractivity contribution is 7.13.